The topological polar surface area (TPSA) is 82.2 Å². The average molecular weight is 262 g/mol. The summed E-state index contributed by atoms with van der Waals surface area (Å²) in [5.74, 6) is -2.23. The predicted molar refractivity (Wildman–Crippen MR) is 68.5 cm³/mol. The molecule has 0 radical (unpaired) electrons. The van der Waals surface area contributed by atoms with Gasteiger partial charge in [-0.3, -0.25) is 9.59 Å². The number of hydrogen-bond acceptors (Lipinski definition) is 3. The number of carbonyl (C=O) groups is 2. The maximum absolute atomic E-state index is 12.5. The van der Waals surface area contributed by atoms with Crippen molar-refractivity contribution in [2.24, 2.45) is 11.8 Å². The third kappa shape index (κ3) is 2.08. The Morgan fingerprint density at radius 2 is 2.11 bits per heavy atom. The number of fused-ring (bicyclic) bond motifs is 1. The van der Waals surface area contributed by atoms with Crippen LogP contribution in [0.4, 0.5) is 0 Å². The quantitative estimate of drug-likeness (QED) is 0.705. The highest BCUT2D eigenvalue weighted by atomic mass is 16.4. The van der Waals surface area contributed by atoms with E-state index in [1.54, 1.807) is 6.20 Å². The van der Waals surface area contributed by atoms with Gasteiger partial charge in [-0.2, -0.15) is 0 Å². The van der Waals surface area contributed by atoms with E-state index in [0.29, 0.717) is 0 Å². The van der Waals surface area contributed by atoms with Gasteiger partial charge in [0.1, 0.15) is 5.92 Å². The maximum atomic E-state index is 12.5. The van der Waals surface area contributed by atoms with E-state index in [2.05, 4.69) is 10.3 Å². The number of carbonyl (C=O) groups excluding carboxylic acids is 1. The summed E-state index contributed by atoms with van der Waals surface area (Å²) in [6.07, 6.45) is 5.66. The molecular formula is C14H18N2O3. The molecule has 1 aliphatic carbocycles. The van der Waals surface area contributed by atoms with Crippen LogP contribution in [0.5, 0.6) is 0 Å². The second kappa shape index (κ2) is 4.81. The molecule has 5 nitrogen and oxygen atoms in total. The summed E-state index contributed by atoms with van der Waals surface area (Å²) in [6, 6.07) is 3.36. The van der Waals surface area contributed by atoms with Gasteiger partial charge in [0.25, 0.3) is 0 Å². The van der Waals surface area contributed by atoms with Crippen molar-refractivity contribution >= 4 is 11.8 Å². The van der Waals surface area contributed by atoms with E-state index in [1.807, 2.05) is 12.1 Å². The maximum Gasteiger partial charge on any atom is 0.316 e. The highest BCUT2D eigenvalue weighted by Gasteiger charge is 2.48. The number of carboxylic acid groups (broad SMARTS) is 1. The molecule has 3 rings (SSSR count). The molecule has 4 unspecified atom stereocenters. The molecule has 5 heteroatoms. The number of piperidine rings is 1. The fraction of sp³-hybridized carbons (Fsp3) is 0.571. The van der Waals surface area contributed by atoms with Crippen LogP contribution in [0.15, 0.2) is 18.3 Å². The summed E-state index contributed by atoms with van der Waals surface area (Å²) in [6.45, 7) is 0. The molecule has 2 aliphatic rings. The van der Waals surface area contributed by atoms with Gasteiger partial charge in [0.15, 0.2) is 5.78 Å². The number of carboxylic acids is 1. The molecule has 0 bridgehead atoms. The fourth-order valence-corrected chi connectivity index (χ4v) is 3.46. The van der Waals surface area contributed by atoms with Gasteiger partial charge in [0.2, 0.25) is 0 Å². The first-order chi connectivity index (χ1) is 9.18. The molecule has 2 heterocycles. The van der Waals surface area contributed by atoms with Crippen LogP contribution in [-0.2, 0) is 9.59 Å². The molecule has 102 valence electrons. The molecule has 4 atom stereocenters. The van der Waals surface area contributed by atoms with Crippen LogP contribution >= 0.6 is 0 Å². The SMILES string of the molecule is O=C(O)C1C(=O)C2CCCCC2NC1c1ccc[nH]1. The van der Waals surface area contributed by atoms with Gasteiger partial charge in [0.05, 0.1) is 6.04 Å². The monoisotopic (exact) mass is 262 g/mol. The summed E-state index contributed by atoms with van der Waals surface area (Å²) in [5, 5.41) is 12.8. The van der Waals surface area contributed by atoms with Crippen molar-refractivity contribution in [3.63, 3.8) is 0 Å². The number of aromatic amines is 1. The highest BCUT2D eigenvalue weighted by Crippen LogP contribution is 2.37. The van der Waals surface area contributed by atoms with Crippen LogP contribution in [0.3, 0.4) is 0 Å². The number of hydrogen-bond donors (Lipinski definition) is 3. The molecule has 1 saturated heterocycles. The third-order valence-corrected chi connectivity index (χ3v) is 4.39. The average Bonchev–Trinajstić information content (AvgIpc) is 2.92. The Morgan fingerprint density at radius 1 is 1.32 bits per heavy atom. The molecule has 1 saturated carbocycles. The summed E-state index contributed by atoms with van der Waals surface area (Å²) >= 11 is 0. The highest BCUT2D eigenvalue weighted by molar-refractivity contribution is 6.01. The van der Waals surface area contributed by atoms with E-state index in [9.17, 15) is 14.7 Å². The smallest absolute Gasteiger partial charge is 0.316 e. The van der Waals surface area contributed by atoms with Crippen LogP contribution < -0.4 is 5.32 Å². The first-order valence-corrected chi connectivity index (χ1v) is 6.84. The Morgan fingerprint density at radius 3 is 2.79 bits per heavy atom. The number of nitrogens with one attached hydrogen (secondary N) is 2. The lowest BCUT2D eigenvalue weighted by Crippen LogP contribution is -2.56. The van der Waals surface area contributed by atoms with E-state index >= 15 is 0 Å². The first kappa shape index (κ1) is 12.4. The van der Waals surface area contributed by atoms with Gasteiger partial charge >= 0.3 is 5.97 Å². The molecule has 0 aromatic carbocycles. The molecule has 2 fully saturated rings. The fourth-order valence-electron chi connectivity index (χ4n) is 3.46. The van der Waals surface area contributed by atoms with Crippen molar-refractivity contribution in [2.45, 2.75) is 37.8 Å². The van der Waals surface area contributed by atoms with Crippen LogP contribution in [0.25, 0.3) is 0 Å². The van der Waals surface area contributed by atoms with Crippen molar-refractivity contribution in [3.05, 3.63) is 24.0 Å². The number of ketones is 1. The van der Waals surface area contributed by atoms with Crippen LogP contribution in [0.2, 0.25) is 0 Å². The second-order valence-corrected chi connectivity index (χ2v) is 5.49. The first-order valence-electron chi connectivity index (χ1n) is 6.84. The molecule has 3 N–H and O–H groups in total. The predicted octanol–water partition coefficient (Wildman–Crippen LogP) is 1.49. The van der Waals surface area contributed by atoms with E-state index in [4.69, 9.17) is 0 Å². The van der Waals surface area contributed by atoms with Crippen molar-refractivity contribution in [2.75, 3.05) is 0 Å². The minimum absolute atomic E-state index is 0.101. The Bertz CT molecular complexity index is 483. The Kier molecular flexibility index (Phi) is 3.14. The number of aromatic nitrogens is 1. The van der Waals surface area contributed by atoms with Gasteiger partial charge in [-0.1, -0.05) is 12.8 Å². The van der Waals surface area contributed by atoms with Crippen molar-refractivity contribution < 1.29 is 14.7 Å². The zero-order valence-corrected chi connectivity index (χ0v) is 10.6. The number of H-pyrrole nitrogens is 1. The van der Waals surface area contributed by atoms with E-state index in [0.717, 1.165) is 31.4 Å². The van der Waals surface area contributed by atoms with Crippen LogP contribution in [0, 0.1) is 11.8 Å². The zero-order chi connectivity index (χ0) is 13.4. The Balaban J connectivity index is 1.93. The number of aliphatic carboxylic acids is 1. The minimum Gasteiger partial charge on any atom is -0.481 e. The number of rotatable bonds is 2. The van der Waals surface area contributed by atoms with E-state index in [1.165, 1.54) is 0 Å². The Labute approximate surface area is 111 Å². The van der Waals surface area contributed by atoms with Crippen LogP contribution in [-0.4, -0.2) is 27.9 Å². The molecule has 0 spiro atoms. The second-order valence-electron chi connectivity index (χ2n) is 5.49. The summed E-state index contributed by atoms with van der Waals surface area (Å²) in [5.41, 5.74) is 0.782. The van der Waals surface area contributed by atoms with Crippen molar-refractivity contribution in [1.29, 1.82) is 0 Å². The number of Topliss-reactive ketones (excluding diaryl/α,β-unsaturated/α-hetero) is 1. The lowest BCUT2D eigenvalue weighted by Gasteiger charge is -2.42. The van der Waals surface area contributed by atoms with Crippen molar-refractivity contribution in [3.8, 4) is 0 Å². The standard InChI is InChI=1S/C14H18N2O3/c17-13-8-4-1-2-5-9(8)16-12(11(13)14(18)19)10-6-3-7-15-10/h3,6-9,11-12,15-16H,1-2,4-5H2,(H,18,19). The van der Waals surface area contributed by atoms with Gasteiger partial charge < -0.3 is 15.4 Å². The summed E-state index contributed by atoms with van der Waals surface area (Å²) in [7, 11) is 0. The van der Waals surface area contributed by atoms with Gasteiger partial charge in [-0.25, -0.2) is 0 Å². The molecular weight excluding hydrogens is 244 g/mol. The van der Waals surface area contributed by atoms with Crippen molar-refractivity contribution in [1.82, 2.24) is 10.3 Å². The molecule has 1 aromatic heterocycles. The largest absolute Gasteiger partial charge is 0.481 e. The normalized spacial score (nSPS) is 34.8. The van der Waals surface area contributed by atoms with E-state index in [-0.39, 0.29) is 17.7 Å². The lowest BCUT2D eigenvalue weighted by molar-refractivity contribution is -0.152. The summed E-state index contributed by atoms with van der Waals surface area (Å²) in [4.78, 5) is 27.0. The summed E-state index contributed by atoms with van der Waals surface area (Å²) < 4.78 is 0. The van der Waals surface area contributed by atoms with Gasteiger partial charge in [-0.15, -0.1) is 0 Å². The van der Waals surface area contributed by atoms with Gasteiger partial charge in [0, 0.05) is 23.9 Å². The molecule has 19 heavy (non-hydrogen) atoms. The zero-order valence-electron chi connectivity index (χ0n) is 10.6. The minimum atomic E-state index is -1.03. The molecule has 1 aliphatic heterocycles. The molecule has 1 aromatic rings. The lowest BCUT2D eigenvalue weighted by atomic mass is 9.72. The molecule has 0 amide bonds. The third-order valence-electron chi connectivity index (χ3n) is 4.39. The Hall–Kier alpha value is -1.62. The van der Waals surface area contributed by atoms with E-state index < -0.39 is 17.9 Å². The van der Waals surface area contributed by atoms with Crippen LogP contribution in [0.1, 0.15) is 37.4 Å². The van der Waals surface area contributed by atoms with Gasteiger partial charge in [-0.05, 0) is 25.0 Å².